The molecule has 2 aliphatic heterocycles. The second kappa shape index (κ2) is 38.2. The number of methoxy groups -OCH3 is 1. The molecule has 0 aromatic heterocycles. The lowest BCUT2D eigenvalue weighted by Gasteiger charge is -2.18. The quantitative estimate of drug-likeness (QED) is 0.262. The molecule has 0 bridgehead atoms. The molecule has 2 aliphatic rings. The van der Waals surface area contributed by atoms with E-state index in [1.54, 1.807) is 18.2 Å². The summed E-state index contributed by atoms with van der Waals surface area (Å²) in [6.45, 7) is -0.199. The first-order valence-corrected chi connectivity index (χ1v) is 9.13. The summed E-state index contributed by atoms with van der Waals surface area (Å²) < 4.78 is 21.9. The molecule has 300 valence electrons. The smallest absolute Gasteiger partial charge is 0.339 e. The number of benzene rings is 3. The van der Waals surface area contributed by atoms with Gasteiger partial charge >= 0.3 is 5.97 Å². The van der Waals surface area contributed by atoms with E-state index in [-0.39, 0.29) is 168 Å². The molecule has 0 saturated heterocycles. The highest BCUT2D eigenvalue weighted by Crippen LogP contribution is 2.47. The van der Waals surface area contributed by atoms with Crippen LogP contribution in [0.2, 0.25) is 0 Å². The molecule has 0 spiro atoms. The van der Waals surface area contributed by atoms with Gasteiger partial charge in [-0.3, -0.25) is 0 Å². The molecule has 0 fully saturated rings. The molecule has 0 amide bonds. The van der Waals surface area contributed by atoms with Gasteiger partial charge in [-0.15, -0.1) is 0 Å². The molecule has 3 aromatic carbocycles. The monoisotopic (exact) mass is 699 g/mol. The molecule has 0 unspecified atom stereocenters. The number of aliphatic hydroxyl groups is 2. The normalized spacial score (nSPS) is 8.60. The van der Waals surface area contributed by atoms with E-state index >= 15 is 0 Å². The molecule has 2 N–H and O–H groups in total. The Labute approximate surface area is 306 Å². The Morgan fingerprint density at radius 3 is 1.46 bits per heavy atom. The van der Waals surface area contributed by atoms with Crippen LogP contribution >= 0.6 is 0 Å². The maximum absolute atomic E-state index is 12.7. The highest BCUT2D eigenvalue weighted by molar-refractivity contribution is 6.13. The minimum absolute atomic E-state index is 0. The van der Waals surface area contributed by atoms with Crippen LogP contribution < -0.4 is 14.2 Å². The third-order valence-electron chi connectivity index (χ3n) is 5.44. The van der Waals surface area contributed by atoms with Crippen LogP contribution in [0.4, 0.5) is 0 Å². The second-order valence-electron chi connectivity index (χ2n) is 6.89. The molecule has 3 aromatic rings. The van der Waals surface area contributed by atoms with E-state index in [1.807, 2.05) is 12.1 Å². The number of aliphatic hydroxyl groups excluding tert-OH is 2. The average molecular weight is 699 g/mol. The lowest BCUT2D eigenvalue weighted by atomic mass is 9.87. The van der Waals surface area contributed by atoms with E-state index < -0.39 is 5.97 Å². The third-order valence-corrected chi connectivity index (χ3v) is 5.44. The lowest BCUT2D eigenvalue weighted by molar-refractivity contribution is 0.0534. The summed E-state index contributed by atoms with van der Waals surface area (Å²) in [7, 11) is 1.54. The van der Waals surface area contributed by atoms with Crippen LogP contribution in [0.25, 0.3) is 21.9 Å². The number of cyclic esters (lactones) is 1. The van der Waals surface area contributed by atoms with Crippen LogP contribution in [-0.2, 0) is 24.6 Å². The van der Waals surface area contributed by atoms with Gasteiger partial charge in [-0.05, 0) is 46.3 Å². The molecule has 0 radical (unpaired) electrons. The number of fused-ring (bicyclic) bond motifs is 3. The summed E-state index contributed by atoms with van der Waals surface area (Å²) in [6, 6.07) is 9.07. The number of ether oxygens (including phenoxy) is 4. The molecule has 0 saturated carbocycles. The Morgan fingerprint density at radius 1 is 0.583 bits per heavy atom. The van der Waals surface area contributed by atoms with Crippen molar-refractivity contribution in [3.8, 4) is 28.4 Å². The first kappa shape index (κ1) is 96.8. The molecule has 0 atom stereocenters. The van der Waals surface area contributed by atoms with Crippen molar-refractivity contribution in [2.24, 2.45) is 0 Å². The molecule has 7 heteroatoms. The van der Waals surface area contributed by atoms with Crippen molar-refractivity contribution in [1.82, 2.24) is 0 Å². The van der Waals surface area contributed by atoms with Crippen molar-refractivity contribution in [3.05, 3.63) is 52.6 Å². The number of rotatable bonds is 4. The van der Waals surface area contributed by atoms with E-state index in [2.05, 4.69) is 0 Å². The van der Waals surface area contributed by atoms with Crippen LogP contribution in [0.5, 0.6) is 17.2 Å². The second-order valence-corrected chi connectivity index (χ2v) is 6.89. The van der Waals surface area contributed by atoms with Gasteiger partial charge in [-0.1, -0.05) is 147 Å². The first-order chi connectivity index (χ1) is 14.2. The first-order valence-electron chi connectivity index (χ1n) is 9.13. The molecule has 7 nitrogen and oxygen atoms in total. The number of carbonyl (C=O) groups is 1. The topological polar surface area (TPSA) is 94.5 Å². The highest BCUT2D eigenvalue weighted by atomic mass is 16.7. The van der Waals surface area contributed by atoms with Crippen LogP contribution in [0, 0.1) is 0 Å². The Balaban J connectivity index is -0.0000000441. The van der Waals surface area contributed by atoms with Crippen LogP contribution in [0.15, 0.2) is 30.3 Å². The Morgan fingerprint density at radius 2 is 1.02 bits per heavy atom. The van der Waals surface area contributed by atoms with E-state index in [9.17, 15) is 15.0 Å². The standard InChI is InChI=1S/C22H18O7.19CH4/c1-26-21-15-5-13(8-24)12(7-23)4-14(15)19(20-16(21)9-27-22(20)25)11-2-3-17-18(6-11)29-10-28-17;;;;;;;;;;;;;;;;;;;/h2-6,23-24H,7-10H2,1H3;19*1H4. The fourth-order valence-electron chi connectivity index (χ4n) is 4.10. The zero-order valence-corrected chi connectivity index (χ0v) is 15.7. The number of hydrogen-bond acceptors (Lipinski definition) is 7. The highest BCUT2D eigenvalue weighted by Gasteiger charge is 2.32. The minimum Gasteiger partial charge on any atom is -0.496 e. The zero-order chi connectivity index (χ0) is 20.1. The van der Waals surface area contributed by atoms with Gasteiger partial charge in [0.25, 0.3) is 0 Å². The molecule has 0 aliphatic carbocycles. The summed E-state index contributed by atoms with van der Waals surface area (Å²) in [5.41, 5.74) is 3.72. The van der Waals surface area contributed by atoms with Crippen molar-refractivity contribution >= 4 is 16.7 Å². The summed E-state index contributed by atoms with van der Waals surface area (Å²) >= 11 is 0. The minimum atomic E-state index is -0.426. The maximum Gasteiger partial charge on any atom is 0.339 e. The van der Waals surface area contributed by atoms with Crippen LogP contribution in [0.3, 0.4) is 0 Å². The van der Waals surface area contributed by atoms with E-state index in [0.717, 1.165) is 16.3 Å². The molecular formula is C41H94O7. The summed E-state index contributed by atoms with van der Waals surface area (Å²) in [4.78, 5) is 12.7. The van der Waals surface area contributed by atoms with Crippen LogP contribution in [0.1, 0.15) is 168 Å². The van der Waals surface area contributed by atoms with Gasteiger partial charge in [-0.25, -0.2) is 4.79 Å². The van der Waals surface area contributed by atoms with Gasteiger partial charge in [-0.2, -0.15) is 0 Å². The summed E-state index contributed by atoms with van der Waals surface area (Å²) in [6.07, 6.45) is 0. The van der Waals surface area contributed by atoms with Crippen molar-refractivity contribution in [2.75, 3.05) is 13.9 Å². The largest absolute Gasteiger partial charge is 0.496 e. The van der Waals surface area contributed by atoms with Gasteiger partial charge in [0.1, 0.15) is 12.4 Å². The molecule has 48 heavy (non-hydrogen) atoms. The molecular weight excluding hydrogens is 604 g/mol. The fraction of sp³-hybridized carbons (Fsp3) is 0.585. The van der Waals surface area contributed by atoms with Crippen molar-refractivity contribution in [2.45, 2.75) is 161 Å². The van der Waals surface area contributed by atoms with E-state index in [4.69, 9.17) is 18.9 Å². The predicted molar refractivity (Wildman–Crippen MR) is 231 cm³/mol. The summed E-state index contributed by atoms with van der Waals surface area (Å²) in [5, 5.41) is 21.0. The Kier molecular flexibility index (Phi) is 76.9. The number of hydrogen-bond donors (Lipinski definition) is 2. The van der Waals surface area contributed by atoms with Gasteiger partial charge in [0.2, 0.25) is 6.79 Å². The maximum atomic E-state index is 12.7. The van der Waals surface area contributed by atoms with E-state index in [0.29, 0.717) is 45.1 Å². The Bertz CT molecular complexity index is 1170. The Hall–Kier alpha value is -3.29. The zero-order valence-electron chi connectivity index (χ0n) is 15.7. The fourth-order valence-corrected chi connectivity index (χ4v) is 4.10. The number of carbonyl (C=O) groups excluding carboxylic acids is 1. The van der Waals surface area contributed by atoms with Gasteiger partial charge in [0, 0.05) is 16.5 Å². The average Bonchev–Trinajstić information content (AvgIpc) is 3.37. The van der Waals surface area contributed by atoms with Crippen LogP contribution in [-0.4, -0.2) is 30.1 Å². The SMILES string of the molecule is C.C.C.C.C.C.C.C.C.C.C.C.C.C.C.C.C.C.C.COc1c2c(c(-c3ccc4c(c3)OCO4)c3cc(CO)c(CO)cc13)C(=O)OC2. The van der Waals surface area contributed by atoms with Gasteiger partial charge < -0.3 is 29.2 Å². The predicted octanol–water partition coefficient (Wildman–Crippen LogP) is 15.0. The molecule has 2 heterocycles. The number of esters is 1. The van der Waals surface area contributed by atoms with Gasteiger partial charge in [0.15, 0.2) is 11.5 Å². The van der Waals surface area contributed by atoms with Gasteiger partial charge in [0.05, 0.1) is 25.9 Å². The van der Waals surface area contributed by atoms with Crippen molar-refractivity contribution in [3.63, 3.8) is 0 Å². The molecule has 5 rings (SSSR count). The van der Waals surface area contributed by atoms with Crippen molar-refractivity contribution in [1.29, 1.82) is 0 Å². The lowest BCUT2D eigenvalue weighted by Crippen LogP contribution is -2.03. The van der Waals surface area contributed by atoms with E-state index in [1.165, 1.54) is 7.11 Å². The van der Waals surface area contributed by atoms with Crippen molar-refractivity contribution < 1.29 is 34.0 Å². The third kappa shape index (κ3) is 14.9. The summed E-state index contributed by atoms with van der Waals surface area (Å²) in [5.74, 6) is 1.35.